The quantitative estimate of drug-likeness (QED) is 0.359. The number of nitrogens with one attached hydrogen (secondary N) is 1. The standard InChI is InChI=1S/C28H33N3O2S/c1-8-30-24-12-17(3)20(13-21(24)18(4)15-28(30,6)7)14-22-25(32)29-27(34)31(26(22)33)23-11-9-10-16(2)19(23)5/h9-14,18H,8,15H2,1-7H3,(H,29,32,34)/b22-14+/t18-/m0/s1. The third kappa shape index (κ3) is 3.94. The van der Waals surface area contributed by atoms with Crippen LogP contribution in [0.4, 0.5) is 11.4 Å². The molecule has 0 aromatic heterocycles. The van der Waals surface area contributed by atoms with Crippen molar-refractivity contribution >= 4 is 46.6 Å². The summed E-state index contributed by atoms with van der Waals surface area (Å²) in [6.07, 6.45) is 2.76. The number of anilines is 2. The fraction of sp³-hybridized carbons (Fsp3) is 0.393. The van der Waals surface area contributed by atoms with Crippen molar-refractivity contribution in [2.75, 3.05) is 16.3 Å². The van der Waals surface area contributed by atoms with Gasteiger partial charge < -0.3 is 4.90 Å². The van der Waals surface area contributed by atoms with Crippen LogP contribution in [0.2, 0.25) is 0 Å². The van der Waals surface area contributed by atoms with Gasteiger partial charge in [-0.05, 0) is 118 Å². The van der Waals surface area contributed by atoms with E-state index >= 15 is 0 Å². The molecule has 0 spiro atoms. The normalized spacial score (nSPS) is 21.1. The summed E-state index contributed by atoms with van der Waals surface area (Å²) in [4.78, 5) is 30.3. The van der Waals surface area contributed by atoms with Crippen molar-refractivity contribution in [2.45, 2.75) is 66.3 Å². The number of amides is 2. The summed E-state index contributed by atoms with van der Waals surface area (Å²) in [5, 5.41) is 2.82. The third-order valence-corrected chi connectivity index (χ3v) is 7.59. The van der Waals surface area contributed by atoms with E-state index in [0.29, 0.717) is 11.6 Å². The van der Waals surface area contributed by atoms with Crippen LogP contribution in [0.15, 0.2) is 35.9 Å². The Hall–Kier alpha value is -2.99. The lowest BCUT2D eigenvalue weighted by Crippen LogP contribution is -2.54. The minimum atomic E-state index is -0.460. The summed E-state index contributed by atoms with van der Waals surface area (Å²) in [5.41, 5.74) is 7.27. The number of hydrogen-bond donors (Lipinski definition) is 1. The topological polar surface area (TPSA) is 52.7 Å². The van der Waals surface area contributed by atoms with Gasteiger partial charge in [-0.15, -0.1) is 0 Å². The highest BCUT2D eigenvalue weighted by Crippen LogP contribution is 2.44. The van der Waals surface area contributed by atoms with Gasteiger partial charge in [0, 0.05) is 17.8 Å². The number of rotatable bonds is 3. The first-order chi connectivity index (χ1) is 16.0. The van der Waals surface area contributed by atoms with Crippen LogP contribution in [-0.2, 0) is 9.59 Å². The summed E-state index contributed by atoms with van der Waals surface area (Å²) in [6.45, 7) is 15.9. The van der Waals surface area contributed by atoms with E-state index in [1.54, 1.807) is 6.08 Å². The second kappa shape index (κ2) is 8.66. The van der Waals surface area contributed by atoms with Crippen LogP contribution >= 0.6 is 12.2 Å². The summed E-state index contributed by atoms with van der Waals surface area (Å²) in [6, 6.07) is 10.1. The number of hydrogen-bond acceptors (Lipinski definition) is 4. The Balaban J connectivity index is 1.80. The van der Waals surface area contributed by atoms with E-state index in [0.717, 1.165) is 35.2 Å². The SMILES string of the molecule is CCN1c2cc(C)c(/C=C3\C(=O)NC(=S)N(c4cccc(C)c4C)C3=O)cc2[C@@H](C)CC1(C)C. The molecule has 4 rings (SSSR count). The molecule has 0 aliphatic carbocycles. The van der Waals surface area contributed by atoms with Gasteiger partial charge in [0.1, 0.15) is 5.57 Å². The molecule has 1 fully saturated rings. The van der Waals surface area contributed by atoms with Crippen molar-refractivity contribution in [2.24, 2.45) is 0 Å². The molecule has 0 radical (unpaired) electrons. The lowest BCUT2D eigenvalue weighted by Gasteiger charge is -2.47. The molecule has 1 atom stereocenters. The number of carbonyl (C=O) groups is 2. The molecule has 1 N–H and O–H groups in total. The molecule has 5 nitrogen and oxygen atoms in total. The lowest BCUT2D eigenvalue weighted by atomic mass is 9.79. The number of thiocarbonyl (C=S) groups is 1. The van der Waals surface area contributed by atoms with Crippen molar-refractivity contribution in [3.05, 3.63) is 63.7 Å². The molecule has 34 heavy (non-hydrogen) atoms. The Morgan fingerprint density at radius 1 is 1.12 bits per heavy atom. The number of nitrogens with zero attached hydrogens (tertiary/aromatic N) is 2. The first-order valence-corrected chi connectivity index (χ1v) is 12.3. The second-order valence-electron chi connectivity index (χ2n) is 10.1. The molecule has 2 aromatic rings. The summed E-state index contributed by atoms with van der Waals surface area (Å²) < 4.78 is 0. The van der Waals surface area contributed by atoms with Crippen molar-refractivity contribution in [3.8, 4) is 0 Å². The van der Waals surface area contributed by atoms with Crippen molar-refractivity contribution in [1.29, 1.82) is 0 Å². The molecule has 2 aromatic carbocycles. The average Bonchev–Trinajstić information content (AvgIpc) is 2.74. The number of aryl methyl sites for hydroxylation is 2. The van der Waals surface area contributed by atoms with Gasteiger partial charge in [-0.2, -0.15) is 0 Å². The van der Waals surface area contributed by atoms with Gasteiger partial charge in [0.15, 0.2) is 5.11 Å². The first-order valence-electron chi connectivity index (χ1n) is 11.9. The summed E-state index contributed by atoms with van der Waals surface area (Å²) in [7, 11) is 0. The molecule has 178 valence electrons. The zero-order valence-electron chi connectivity index (χ0n) is 21.1. The van der Waals surface area contributed by atoms with Gasteiger partial charge >= 0.3 is 0 Å². The van der Waals surface area contributed by atoms with Gasteiger partial charge in [0.05, 0.1) is 5.69 Å². The zero-order chi connectivity index (χ0) is 24.9. The van der Waals surface area contributed by atoms with Gasteiger partial charge in [0.25, 0.3) is 11.8 Å². The van der Waals surface area contributed by atoms with Crippen molar-refractivity contribution in [3.63, 3.8) is 0 Å². The summed E-state index contributed by atoms with van der Waals surface area (Å²) in [5.74, 6) is -0.484. The van der Waals surface area contributed by atoms with Gasteiger partial charge in [-0.3, -0.25) is 19.8 Å². The molecule has 6 heteroatoms. The average molecular weight is 476 g/mol. The monoisotopic (exact) mass is 475 g/mol. The van der Waals surface area contributed by atoms with Crippen LogP contribution in [0, 0.1) is 20.8 Å². The Morgan fingerprint density at radius 3 is 2.50 bits per heavy atom. The van der Waals surface area contributed by atoms with Crippen LogP contribution in [0.1, 0.15) is 67.9 Å². The summed E-state index contributed by atoms with van der Waals surface area (Å²) >= 11 is 5.39. The molecule has 1 saturated heterocycles. The van der Waals surface area contributed by atoms with E-state index in [2.05, 4.69) is 50.0 Å². The van der Waals surface area contributed by atoms with Gasteiger partial charge in [-0.1, -0.05) is 19.1 Å². The third-order valence-electron chi connectivity index (χ3n) is 7.31. The van der Waals surface area contributed by atoms with Crippen LogP contribution in [-0.4, -0.2) is 29.0 Å². The number of fused-ring (bicyclic) bond motifs is 1. The second-order valence-corrected chi connectivity index (χ2v) is 10.5. The minimum Gasteiger partial charge on any atom is -0.366 e. The van der Waals surface area contributed by atoms with E-state index in [-0.39, 0.29) is 16.2 Å². The van der Waals surface area contributed by atoms with E-state index in [9.17, 15) is 9.59 Å². The maximum absolute atomic E-state index is 13.6. The zero-order valence-corrected chi connectivity index (χ0v) is 21.9. The molecule has 0 unspecified atom stereocenters. The van der Waals surface area contributed by atoms with Crippen LogP contribution in [0.3, 0.4) is 0 Å². The maximum Gasteiger partial charge on any atom is 0.270 e. The first kappa shape index (κ1) is 24.1. The highest BCUT2D eigenvalue weighted by molar-refractivity contribution is 7.80. The molecular weight excluding hydrogens is 442 g/mol. The number of carbonyl (C=O) groups excluding carboxylic acids is 2. The van der Waals surface area contributed by atoms with E-state index < -0.39 is 11.8 Å². The lowest BCUT2D eigenvalue weighted by molar-refractivity contribution is -0.122. The Labute approximate surface area is 207 Å². The molecule has 2 heterocycles. The van der Waals surface area contributed by atoms with Crippen molar-refractivity contribution in [1.82, 2.24) is 5.32 Å². The Kier molecular flexibility index (Phi) is 6.15. The van der Waals surface area contributed by atoms with Gasteiger partial charge in [0.2, 0.25) is 0 Å². The smallest absolute Gasteiger partial charge is 0.270 e. The molecular formula is C28H33N3O2S. The minimum absolute atomic E-state index is 0.0781. The van der Waals surface area contributed by atoms with Gasteiger partial charge in [-0.25, -0.2) is 0 Å². The maximum atomic E-state index is 13.6. The number of benzene rings is 2. The molecule has 2 aliphatic heterocycles. The predicted octanol–water partition coefficient (Wildman–Crippen LogP) is 5.56. The molecule has 0 saturated carbocycles. The van der Waals surface area contributed by atoms with E-state index in [1.807, 2.05) is 39.0 Å². The van der Waals surface area contributed by atoms with Crippen LogP contribution in [0.5, 0.6) is 0 Å². The Morgan fingerprint density at radius 2 is 1.82 bits per heavy atom. The van der Waals surface area contributed by atoms with Crippen LogP contribution < -0.4 is 15.1 Å². The Bertz CT molecular complexity index is 1240. The highest BCUT2D eigenvalue weighted by Gasteiger charge is 2.37. The van der Waals surface area contributed by atoms with E-state index in [4.69, 9.17) is 12.2 Å². The van der Waals surface area contributed by atoms with Crippen LogP contribution in [0.25, 0.3) is 6.08 Å². The fourth-order valence-corrected chi connectivity index (χ4v) is 5.69. The molecule has 2 amide bonds. The largest absolute Gasteiger partial charge is 0.366 e. The molecule has 0 bridgehead atoms. The fourth-order valence-electron chi connectivity index (χ4n) is 5.41. The molecule has 2 aliphatic rings. The van der Waals surface area contributed by atoms with Crippen molar-refractivity contribution < 1.29 is 9.59 Å². The predicted molar refractivity (Wildman–Crippen MR) is 143 cm³/mol. The highest BCUT2D eigenvalue weighted by atomic mass is 32.1. The van der Waals surface area contributed by atoms with E-state index in [1.165, 1.54) is 16.2 Å².